The van der Waals surface area contributed by atoms with E-state index in [1.165, 1.54) is 27.6 Å². The third-order valence-electron chi connectivity index (χ3n) is 4.29. The van der Waals surface area contributed by atoms with Crippen LogP contribution < -0.4 is 16.4 Å². The van der Waals surface area contributed by atoms with Crippen LogP contribution in [-0.2, 0) is 9.59 Å². The number of anilines is 1. The van der Waals surface area contributed by atoms with Crippen molar-refractivity contribution >= 4 is 68.8 Å². The van der Waals surface area contributed by atoms with E-state index >= 15 is 0 Å². The molecule has 4 rings (SSSR count). The first-order valence-corrected chi connectivity index (χ1v) is 10.8. The second-order valence-corrected chi connectivity index (χ2v) is 9.28. The molecule has 2 aromatic rings. The maximum atomic E-state index is 12.5. The zero-order valence-electron chi connectivity index (χ0n) is 15.0. The zero-order chi connectivity index (χ0) is 20.7. The lowest BCUT2D eigenvalue weighted by molar-refractivity contribution is -0.124. The number of thiophene rings is 1. The molecule has 0 saturated heterocycles. The Bertz CT molecular complexity index is 1060. The van der Waals surface area contributed by atoms with Crippen LogP contribution in [0.1, 0.15) is 0 Å². The van der Waals surface area contributed by atoms with Gasteiger partial charge in [-0.05, 0) is 6.07 Å². The van der Waals surface area contributed by atoms with Crippen LogP contribution in [-0.4, -0.2) is 59.2 Å². The molecule has 2 aliphatic heterocycles. The molecule has 2 aliphatic rings. The van der Waals surface area contributed by atoms with E-state index in [1.54, 1.807) is 23.4 Å². The molecule has 0 atom stereocenters. The number of hydrogen-bond donors (Lipinski definition) is 3. The largest absolute Gasteiger partial charge is 0.383 e. The minimum atomic E-state index is -0.364. The van der Waals surface area contributed by atoms with Crippen molar-refractivity contribution in [3.8, 4) is 11.3 Å². The topological polar surface area (TPSA) is 116 Å². The van der Waals surface area contributed by atoms with Crippen molar-refractivity contribution in [3.63, 3.8) is 0 Å². The zero-order valence-corrected chi connectivity index (χ0v) is 18.2. The van der Waals surface area contributed by atoms with Crippen LogP contribution in [0.2, 0.25) is 8.67 Å². The quantitative estimate of drug-likeness (QED) is 0.613. The van der Waals surface area contributed by atoms with Gasteiger partial charge in [-0.15, -0.1) is 22.7 Å². The number of aliphatic imine (C=N–C) groups is 1. The fourth-order valence-electron chi connectivity index (χ4n) is 2.92. The molecule has 152 valence electrons. The molecule has 2 amide bonds. The van der Waals surface area contributed by atoms with E-state index < -0.39 is 0 Å². The van der Waals surface area contributed by atoms with Gasteiger partial charge in [0.05, 0.1) is 23.1 Å². The summed E-state index contributed by atoms with van der Waals surface area (Å²) in [5.41, 5.74) is 7.60. The molecule has 0 saturated carbocycles. The number of aromatic nitrogens is 1. The second kappa shape index (κ2) is 7.82. The summed E-state index contributed by atoms with van der Waals surface area (Å²) in [5, 5.41) is 7.71. The maximum absolute atomic E-state index is 12.5. The van der Waals surface area contributed by atoms with Crippen molar-refractivity contribution in [2.24, 2.45) is 10.7 Å². The highest BCUT2D eigenvalue weighted by Crippen LogP contribution is 2.38. The maximum Gasteiger partial charge on any atom is 0.280 e. The summed E-state index contributed by atoms with van der Waals surface area (Å²) < 4.78 is 1.10. The Hall–Kier alpha value is -2.34. The van der Waals surface area contributed by atoms with Crippen LogP contribution in [0.15, 0.2) is 28.0 Å². The average molecular weight is 472 g/mol. The van der Waals surface area contributed by atoms with Gasteiger partial charge in [-0.1, -0.05) is 23.2 Å². The van der Waals surface area contributed by atoms with E-state index in [-0.39, 0.29) is 29.9 Å². The first kappa shape index (κ1) is 20.0. The number of guanidine groups is 1. The number of carbonyl (C=O) groups is 2. The van der Waals surface area contributed by atoms with Gasteiger partial charge in [0.2, 0.25) is 11.9 Å². The van der Waals surface area contributed by atoms with Crippen molar-refractivity contribution in [3.05, 3.63) is 31.6 Å². The van der Waals surface area contributed by atoms with Gasteiger partial charge in [0, 0.05) is 24.5 Å². The van der Waals surface area contributed by atoms with Crippen LogP contribution in [0.5, 0.6) is 0 Å². The Morgan fingerprint density at radius 2 is 2.21 bits per heavy atom. The van der Waals surface area contributed by atoms with Gasteiger partial charge in [0.1, 0.15) is 15.9 Å². The molecule has 0 radical (unpaired) electrons. The molecule has 0 bridgehead atoms. The number of rotatable bonds is 5. The highest BCUT2D eigenvalue weighted by Gasteiger charge is 2.36. The number of hydrogen-bond acceptors (Lipinski definition) is 9. The molecular weight excluding hydrogens is 457 g/mol. The molecule has 0 aliphatic carbocycles. The Morgan fingerprint density at radius 3 is 2.93 bits per heavy atom. The number of carbonyl (C=O) groups excluding carboxylic acids is 2. The molecule has 4 N–H and O–H groups in total. The second-order valence-electron chi connectivity index (χ2n) is 6.14. The summed E-state index contributed by atoms with van der Waals surface area (Å²) in [6, 6.07) is 1.73. The van der Waals surface area contributed by atoms with Gasteiger partial charge in [-0.25, -0.2) is 4.98 Å². The Labute approximate surface area is 183 Å². The monoisotopic (exact) mass is 471 g/mol. The van der Waals surface area contributed by atoms with Crippen LogP contribution in [0.3, 0.4) is 0 Å². The van der Waals surface area contributed by atoms with Gasteiger partial charge in [-0.2, -0.15) is 0 Å². The Kier molecular flexibility index (Phi) is 5.38. The van der Waals surface area contributed by atoms with Crippen LogP contribution in [0, 0.1) is 0 Å². The van der Waals surface area contributed by atoms with Crippen molar-refractivity contribution < 1.29 is 9.59 Å². The van der Waals surface area contributed by atoms with Crippen LogP contribution in [0.25, 0.3) is 11.3 Å². The minimum absolute atomic E-state index is 0.143. The molecule has 0 aromatic carbocycles. The number of halogens is 2. The van der Waals surface area contributed by atoms with Crippen molar-refractivity contribution in [1.29, 1.82) is 0 Å². The third kappa shape index (κ3) is 3.78. The smallest absolute Gasteiger partial charge is 0.280 e. The predicted octanol–water partition coefficient (Wildman–Crippen LogP) is 1.98. The number of amides is 2. The first-order valence-electron chi connectivity index (χ1n) is 8.39. The number of fused-ring (bicyclic) bond motifs is 1. The van der Waals surface area contributed by atoms with E-state index in [1.807, 2.05) is 0 Å². The van der Waals surface area contributed by atoms with Crippen molar-refractivity contribution in [1.82, 2.24) is 20.1 Å². The molecule has 0 unspecified atom stereocenters. The summed E-state index contributed by atoms with van der Waals surface area (Å²) in [4.78, 5) is 36.6. The predicted molar refractivity (Wildman–Crippen MR) is 115 cm³/mol. The first-order chi connectivity index (χ1) is 13.8. The molecule has 13 heteroatoms. The van der Waals surface area contributed by atoms with Gasteiger partial charge >= 0.3 is 0 Å². The van der Waals surface area contributed by atoms with Gasteiger partial charge in [-0.3, -0.25) is 24.4 Å². The molecule has 29 heavy (non-hydrogen) atoms. The Balaban J connectivity index is 1.41. The average Bonchev–Trinajstić information content (AvgIpc) is 3.40. The molecule has 4 heterocycles. The molecule has 2 aromatic heterocycles. The number of nitrogens with two attached hydrogens (primary N) is 1. The third-order valence-corrected chi connectivity index (χ3v) is 6.54. The minimum Gasteiger partial charge on any atom is -0.383 e. The van der Waals surface area contributed by atoms with E-state index in [4.69, 9.17) is 28.9 Å². The number of nitrogens with one attached hydrogen (secondary N) is 2. The molecule has 0 spiro atoms. The Morgan fingerprint density at radius 1 is 1.41 bits per heavy atom. The van der Waals surface area contributed by atoms with E-state index in [0.717, 1.165) is 0 Å². The summed E-state index contributed by atoms with van der Waals surface area (Å²) in [6.07, 6.45) is 0. The van der Waals surface area contributed by atoms with Gasteiger partial charge < -0.3 is 16.4 Å². The highest BCUT2D eigenvalue weighted by atomic mass is 35.5. The summed E-state index contributed by atoms with van der Waals surface area (Å²) in [6.45, 7) is 1.01. The van der Waals surface area contributed by atoms with E-state index in [2.05, 4.69) is 20.6 Å². The van der Waals surface area contributed by atoms with E-state index in [9.17, 15) is 9.59 Å². The lowest BCUT2D eigenvalue weighted by Crippen LogP contribution is -2.53. The van der Waals surface area contributed by atoms with Gasteiger partial charge in [0.25, 0.3) is 5.91 Å². The fraction of sp³-hybridized carbons (Fsp3) is 0.250. The standard InChI is InChI=1S/C16H15Cl2N7O2S2/c1-24-14(27)11(13(19)25-3-2-20-16(24)25)21-5-10(26)23-15-22-8(6-28-15)7-4-9(17)29-12(7)18/h4,6,21H,2-3,5,19H2,1H3,(H,22,23,26). The number of nitrogens with zero attached hydrogens (tertiary/aromatic N) is 4. The van der Waals surface area contributed by atoms with E-state index in [0.29, 0.717) is 44.1 Å². The lowest BCUT2D eigenvalue weighted by Gasteiger charge is -2.33. The number of likely N-dealkylation sites (N-methyl/N-ethyl adjacent to an activating group) is 1. The van der Waals surface area contributed by atoms with Crippen LogP contribution in [0.4, 0.5) is 5.13 Å². The lowest BCUT2D eigenvalue weighted by atomic mass is 10.3. The summed E-state index contributed by atoms with van der Waals surface area (Å²) in [5.74, 6) is 0.0763. The fourth-order valence-corrected chi connectivity index (χ4v) is 5.13. The van der Waals surface area contributed by atoms with Crippen molar-refractivity contribution in [2.45, 2.75) is 0 Å². The molecule has 9 nitrogen and oxygen atoms in total. The van der Waals surface area contributed by atoms with Crippen molar-refractivity contribution in [2.75, 3.05) is 32.0 Å². The summed E-state index contributed by atoms with van der Waals surface area (Å²) in [7, 11) is 1.62. The highest BCUT2D eigenvalue weighted by molar-refractivity contribution is 7.20. The SMILES string of the molecule is CN1C(=O)C(NCC(=O)Nc2nc(-c3cc(Cl)sc3Cl)cs2)=C(N)N2CCN=C12. The number of thiazole rings is 1. The van der Waals surface area contributed by atoms with Gasteiger partial charge in [0.15, 0.2) is 5.13 Å². The summed E-state index contributed by atoms with van der Waals surface area (Å²) >= 11 is 14.6. The van der Waals surface area contributed by atoms with Crippen LogP contribution >= 0.6 is 45.9 Å². The molecular formula is C16H15Cl2N7O2S2. The molecule has 0 fully saturated rings. The normalized spacial score (nSPS) is 16.2.